The monoisotopic (exact) mass is 373 g/mol. The number of benzene rings is 2. The van der Waals surface area contributed by atoms with Gasteiger partial charge in [-0.15, -0.1) is 0 Å². The van der Waals surface area contributed by atoms with Crippen molar-refractivity contribution in [1.29, 1.82) is 0 Å². The van der Waals surface area contributed by atoms with E-state index in [1.165, 1.54) is 19.2 Å². The molecule has 2 aromatic rings. The van der Waals surface area contributed by atoms with Gasteiger partial charge in [-0.2, -0.15) is 13.2 Å². The molecule has 140 valence electrons. The molecule has 0 saturated heterocycles. The molecule has 0 saturated carbocycles. The summed E-state index contributed by atoms with van der Waals surface area (Å²) >= 11 is 0. The number of halogens is 3. The molecule has 2 aliphatic rings. The van der Waals surface area contributed by atoms with Crippen LogP contribution in [-0.2, 0) is 10.9 Å². The van der Waals surface area contributed by atoms with E-state index in [1.54, 1.807) is 18.2 Å². The molecular weight excluding hydrogens is 355 g/mol. The normalized spacial score (nSPS) is 23.3. The van der Waals surface area contributed by atoms with Gasteiger partial charge in [0, 0.05) is 5.92 Å². The van der Waals surface area contributed by atoms with E-state index in [0.29, 0.717) is 17.7 Å². The largest absolute Gasteiger partial charge is 0.465 e. The predicted octanol–water partition coefficient (Wildman–Crippen LogP) is 5.32. The van der Waals surface area contributed by atoms with Crippen molar-refractivity contribution >= 4 is 11.7 Å². The Kier molecular flexibility index (Phi) is 4.21. The summed E-state index contributed by atoms with van der Waals surface area (Å²) in [5, 5.41) is 3.24. The number of nitrogens with one attached hydrogen (secondary N) is 1. The summed E-state index contributed by atoms with van der Waals surface area (Å²) < 4.78 is 45.6. The third-order valence-electron chi connectivity index (χ3n) is 5.40. The molecule has 0 fully saturated rings. The zero-order valence-corrected chi connectivity index (χ0v) is 14.6. The van der Waals surface area contributed by atoms with Crippen LogP contribution >= 0.6 is 0 Å². The molecule has 6 heteroatoms. The summed E-state index contributed by atoms with van der Waals surface area (Å²) in [6.45, 7) is 0. The fourth-order valence-electron chi connectivity index (χ4n) is 4.24. The number of esters is 1. The van der Waals surface area contributed by atoms with Gasteiger partial charge in [-0.1, -0.05) is 42.5 Å². The number of carbonyl (C=O) groups is 1. The lowest BCUT2D eigenvalue weighted by Crippen LogP contribution is -2.32. The summed E-state index contributed by atoms with van der Waals surface area (Å²) in [5.41, 5.74) is 1.36. The summed E-state index contributed by atoms with van der Waals surface area (Å²) in [4.78, 5) is 12.2. The Balaban J connectivity index is 1.87. The van der Waals surface area contributed by atoms with E-state index in [4.69, 9.17) is 4.74 Å². The lowest BCUT2D eigenvalue weighted by Gasteiger charge is -2.39. The number of hydrogen-bond donors (Lipinski definition) is 1. The van der Waals surface area contributed by atoms with Crippen LogP contribution in [0.2, 0.25) is 0 Å². The van der Waals surface area contributed by atoms with Crippen molar-refractivity contribution in [1.82, 2.24) is 0 Å². The third-order valence-corrected chi connectivity index (χ3v) is 5.40. The van der Waals surface area contributed by atoms with Crippen LogP contribution in [0.5, 0.6) is 0 Å². The van der Waals surface area contributed by atoms with E-state index in [1.807, 2.05) is 18.2 Å². The molecule has 0 bridgehead atoms. The van der Waals surface area contributed by atoms with Gasteiger partial charge in [0.25, 0.3) is 0 Å². The second kappa shape index (κ2) is 6.44. The maximum absolute atomic E-state index is 13.6. The second-order valence-electron chi connectivity index (χ2n) is 6.82. The minimum Gasteiger partial charge on any atom is -0.465 e. The van der Waals surface area contributed by atoms with Crippen LogP contribution in [0.3, 0.4) is 0 Å². The highest BCUT2D eigenvalue weighted by Gasteiger charge is 2.43. The fourth-order valence-corrected chi connectivity index (χ4v) is 4.24. The van der Waals surface area contributed by atoms with Gasteiger partial charge in [-0.3, -0.25) is 0 Å². The van der Waals surface area contributed by atoms with Gasteiger partial charge < -0.3 is 10.1 Å². The van der Waals surface area contributed by atoms with Crippen molar-refractivity contribution in [2.24, 2.45) is 5.92 Å². The molecule has 3 atom stereocenters. The Hall–Kier alpha value is -2.76. The smallest absolute Gasteiger partial charge is 0.416 e. The van der Waals surface area contributed by atoms with Crippen molar-refractivity contribution in [3.05, 3.63) is 76.9 Å². The molecule has 0 spiro atoms. The number of anilines is 1. The van der Waals surface area contributed by atoms with Crippen molar-refractivity contribution in [3.8, 4) is 0 Å². The third kappa shape index (κ3) is 2.89. The number of carbonyl (C=O) groups excluding carboxylic acids is 1. The van der Waals surface area contributed by atoms with E-state index in [-0.39, 0.29) is 17.4 Å². The number of rotatable bonds is 2. The van der Waals surface area contributed by atoms with Gasteiger partial charge in [-0.25, -0.2) is 4.79 Å². The van der Waals surface area contributed by atoms with E-state index < -0.39 is 23.8 Å². The second-order valence-corrected chi connectivity index (χ2v) is 6.82. The molecule has 0 unspecified atom stereocenters. The molecule has 1 aliphatic carbocycles. The molecule has 4 rings (SSSR count). The number of methoxy groups -OCH3 is 1. The van der Waals surface area contributed by atoms with Crippen LogP contribution in [0, 0.1) is 5.92 Å². The van der Waals surface area contributed by atoms with Crippen LogP contribution < -0.4 is 5.32 Å². The van der Waals surface area contributed by atoms with Gasteiger partial charge in [0.1, 0.15) is 0 Å². The molecule has 0 amide bonds. The molecule has 27 heavy (non-hydrogen) atoms. The molecule has 0 aromatic heterocycles. The number of hydrogen-bond acceptors (Lipinski definition) is 3. The van der Waals surface area contributed by atoms with Gasteiger partial charge in [0.2, 0.25) is 0 Å². The first-order valence-electron chi connectivity index (χ1n) is 8.72. The number of para-hydroxylation sites is 1. The van der Waals surface area contributed by atoms with Gasteiger partial charge in [0.15, 0.2) is 0 Å². The van der Waals surface area contributed by atoms with Gasteiger partial charge in [0.05, 0.1) is 30.0 Å². The minimum absolute atomic E-state index is 0.0443. The van der Waals surface area contributed by atoms with Crippen molar-refractivity contribution in [2.45, 2.75) is 24.6 Å². The highest BCUT2D eigenvalue weighted by Crippen LogP contribution is 2.52. The van der Waals surface area contributed by atoms with Crippen molar-refractivity contribution in [3.63, 3.8) is 0 Å². The Morgan fingerprint density at radius 1 is 1.11 bits per heavy atom. The molecule has 3 nitrogen and oxygen atoms in total. The SMILES string of the molecule is COC(=O)c1cccc2c1N[C@H](c1ccccc1C(F)(F)F)[C@H]1CC=C[C@@H]21. The number of ether oxygens (including phenoxy) is 1. The van der Waals surface area contributed by atoms with E-state index in [0.717, 1.165) is 11.6 Å². The van der Waals surface area contributed by atoms with Crippen molar-refractivity contribution in [2.75, 3.05) is 12.4 Å². The van der Waals surface area contributed by atoms with Crippen LogP contribution in [0.1, 0.15) is 45.4 Å². The highest BCUT2D eigenvalue weighted by atomic mass is 19.4. The summed E-state index contributed by atoms with van der Waals surface area (Å²) in [5.74, 6) is -0.603. The average Bonchev–Trinajstić information content (AvgIpc) is 3.15. The molecule has 2 aromatic carbocycles. The fraction of sp³-hybridized carbons (Fsp3) is 0.286. The van der Waals surface area contributed by atoms with Crippen LogP contribution in [0.4, 0.5) is 18.9 Å². The first-order valence-corrected chi connectivity index (χ1v) is 8.72. The number of fused-ring (bicyclic) bond motifs is 3. The van der Waals surface area contributed by atoms with Gasteiger partial charge in [-0.05, 0) is 35.6 Å². The highest BCUT2D eigenvalue weighted by molar-refractivity contribution is 5.97. The van der Waals surface area contributed by atoms with E-state index in [9.17, 15) is 18.0 Å². The molecule has 1 N–H and O–H groups in total. The lowest BCUT2D eigenvalue weighted by molar-refractivity contribution is -0.138. The van der Waals surface area contributed by atoms with Crippen LogP contribution in [-0.4, -0.2) is 13.1 Å². The lowest BCUT2D eigenvalue weighted by atomic mass is 9.75. The Labute approximate surface area is 154 Å². The first kappa shape index (κ1) is 17.6. The predicted molar refractivity (Wildman–Crippen MR) is 95.6 cm³/mol. The van der Waals surface area contributed by atoms with E-state index in [2.05, 4.69) is 5.32 Å². The van der Waals surface area contributed by atoms with Crippen molar-refractivity contribution < 1.29 is 22.7 Å². The van der Waals surface area contributed by atoms with Gasteiger partial charge >= 0.3 is 12.1 Å². The summed E-state index contributed by atoms with van der Waals surface area (Å²) in [6, 6.07) is 10.4. The molecular formula is C21H18F3NO2. The molecule has 1 aliphatic heterocycles. The Morgan fingerprint density at radius 2 is 1.85 bits per heavy atom. The zero-order chi connectivity index (χ0) is 19.2. The summed E-state index contributed by atoms with van der Waals surface area (Å²) in [7, 11) is 1.29. The van der Waals surface area contributed by atoms with Crippen LogP contribution in [0.15, 0.2) is 54.6 Å². The Bertz CT molecular complexity index is 920. The number of allylic oxidation sites excluding steroid dienone is 2. The maximum Gasteiger partial charge on any atom is 0.416 e. The average molecular weight is 373 g/mol. The standard InChI is InChI=1S/C21H18F3NO2/c1-27-20(26)16-10-5-9-14-12-7-4-8-13(12)18(25-19(14)16)15-6-2-3-11-17(15)21(22,23)24/h2-7,9-13,18,25H,8H2,1H3/t12-,13+,18+/m1/s1. The topological polar surface area (TPSA) is 38.3 Å². The first-order chi connectivity index (χ1) is 12.9. The van der Waals surface area contributed by atoms with E-state index >= 15 is 0 Å². The number of alkyl halides is 3. The Morgan fingerprint density at radius 3 is 2.59 bits per heavy atom. The van der Waals surface area contributed by atoms with Crippen LogP contribution in [0.25, 0.3) is 0 Å². The minimum atomic E-state index is -4.44. The molecule has 0 radical (unpaired) electrons. The molecule has 1 heterocycles. The quantitative estimate of drug-likeness (QED) is 0.572. The maximum atomic E-state index is 13.6. The summed E-state index contributed by atoms with van der Waals surface area (Å²) in [6.07, 6.45) is 0.257. The zero-order valence-electron chi connectivity index (χ0n) is 14.6.